The molecule has 0 amide bonds. The summed E-state index contributed by atoms with van der Waals surface area (Å²) in [5.74, 6) is 0.901. The molecule has 2 heteroatoms. The molecule has 3 rings (SSSR count). The van der Waals surface area contributed by atoms with Crippen LogP contribution in [0.2, 0.25) is 0 Å². The van der Waals surface area contributed by atoms with Gasteiger partial charge < -0.3 is 10.1 Å². The van der Waals surface area contributed by atoms with E-state index in [0.29, 0.717) is 5.41 Å². The molecule has 1 aliphatic heterocycles. The molecule has 0 aromatic carbocycles. The van der Waals surface area contributed by atoms with Gasteiger partial charge in [0.25, 0.3) is 0 Å². The molecule has 2 nitrogen and oxygen atoms in total. The lowest BCUT2D eigenvalue weighted by Gasteiger charge is -2.48. The third kappa shape index (κ3) is 2.92. The predicted molar refractivity (Wildman–Crippen MR) is 83.9 cm³/mol. The summed E-state index contributed by atoms with van der Waals surface area (Å²) in [5.41, 5.74) is 0.849. The SMILES string of the molecule is CCNC1CCC(C)(C2CCOC3(CCCCC3)C2)C1. The highest BCUT2D eigenvalue weighted by Gasteiger charge is 2.47. The third-order valence-corrected chi connectivity index (χ3v) is 6.51. The lowest BCUT2D eigenvalue weighted by atomic mass is 9.65. The van der Waals surface area contributed by atoms with Crippen molar-refractivity contribution in [3.05, 3.63) is 0 Å². The van der Waals surface area contributed by atoms with Crippen LogP contribution >= 0.6 is 0 Å². The summed E-state index contributed by atoms with van der Waals surface area (Å²) in [5, 5.41) is 3.68. The van der Waals surface area contributed by atoms with Crippen LogP contribution in [0, 0.1) is 11.3 Å². The first-order chi connectivity index (χ1) is 9.66. The van der Waals surface area contributed by atoms with E-state index in [4.69, 9.17) is 4.74 Å². The number of rotatable bonds is 3. The minimum atomic E-state index is 0.278. The number of hydrogen-bond donors (Lipinski definition) is 1. The number of nitrogens with one attached hydrogen (secondary N) is 1. The minimum absolute atomic E-state index is 0.278. The molecule has 2 saturated carbocycles. The molecule has 0 radical (unpaired) electrons. The maximum atomic E-state index is 6.30. The fraction of sp³-hybridized carbons (Fsp3) is 1.00. The highest BCUT2D eigenvalue weighted by atomic mass is 16.5. The molecule has 0 aromatic rings. The van der Waals surface area contributed by atoms with Gasteiger partial charge in [-0.15, -0.1) is 0 Å². The molecule has 0 bridgehead atoms. The van der Waals surface area contributed by atoms with Crippen LogP contribution in [0.4, 0.5) is 0 Å². The summed E-state index contributed by atoms with van der Waals surface area (Å²) in [6.07, 6.45) is 13.7. The monoisotopic (exact) mass is 279 g/mol. The van der Waals surface area contributed by atoms with E-state index in [9.17, 15) is 0 Å². The Hall–Kier alpha value is -0.0800. The van der Waals surface area contributed by atoms with Gasteiger partial charge in [0, 0.05) is 12.6 Å². The van der Waals surface area contributed by atoms with Crippen LogP contribution in [0.25, 0.3) is 0 Å². The van der Waals surface area contributed by atoms with Crippen LogP contribution in [0.3, 0.4) is 0 Å². The minimum Gasteiger partial charge on any atom is -0.375 e. The lowest BCUT2D eigenvalue weighted by molar-refractivity contribution is -0.135. The van der Waals surface area contributed by atoms with Crippen molar-refractivity contribution in [2.45, 2.75) is 89.7 Å². The Balaban J connectivity index is 1.64. The van der Waals surface area contributed by atoms with Gasteiger partial charge >= 0.3 is 0 Å². The molecule has 3 fully saturated rings. The standard InChI is InChI=1S/C18H33NO/c1-3-19-16-7-11-17(2,14-16)15-8-12-20-18(13-15)9-5-4-6-10-18/h15-16,19H,3-14H2,1-2H3. The van der Waals surface area contributed by atoms with Crippen molar-refractivity contribution >= 4 is 0 Å². The predicted octanol–water partition coefficient (Wildman–Crippen LogP) is 4.28. The fourth-order valence-corrected chi connectivity index (χ4v) is 5.27. The summed E-state index contributed by atoms with van der Waals surface area (Å²) >= 11 is 0. The van der Waals surface area contributed by atoms with Gasteiger partial charge in [-0.05, 0) is 62.8 Å². The average Bonchev–Trinajstić information content (AvgIpc) is 2.83. The van der Waals surface area contributed by atoms with Gasteiger partial charge in [-0.2, -0.15) is 0 Å². The normalized spacial score (nSPS) is 41.1. The van der Waals surface area contributed by atoms with Gasteiger partial charge in [0.05, 0.1) is 5.60 Å². The van der Waals surface area contributed by atoms with Crippen molar-refractivity contribution in [3.8, 4) is 0 Å². The van der Waals surface area contributed by atoms with E-state index in [1.54, 1.807) is 0 Å². The Morgan fingerprint density at radius 2 is 1.85 bits per heavy atom. The van der Waals surface area contributed by atoms with Gasteiger partial charge in [0.2, 0.25) is 0 Å². The van der Waals surface area contributed by atoms with Crippen LogP contribution in [0.15, 0.2) is 0 Å². The zero-order chi connectivity index (χ0) is 14.1. The van der Waals surface area contributed by atoms with E-state index < -0.39 is 0 Å². The van der Waals surface area contributed by atoms with Crippen LogP contribution < -0.4 is 5.32 Å². The zero-order valence-electron chi connectivity index (χ0n) is 13.5. The van der Waals surface area contributed by atoms with Gasteiger partial charge in [-0.3, -0.25) is 0 Å². The van der Waals surface area contributed by atoms with Crippen LogP contribution in [-0.4, -0.2) is 24.8 Å². The molecule has 1 heterocycles. The van der Waals surface area contributed by atoms with E-state index in [1.165, 1.54) is 64.2 Å². The van der Waals surface area contributed by atoms with E-state index >= 15 is 0 Å². The Morgan fingerprint density at radius 1 is 1.05 bits per heavy atom. The number of ether oxygens (including phenoxy) is 1. The molecule has 0 aromatic heterocycles. The maximum absolute atomic E-state index is 6.30. The van der Waals surface area contributed by atoms with E-state index in [-0.39, 0.29) is 5.60 Å². The average molecular weight is 279 g/mol. The number of hydrogen-bond acceptors (Lipinski definition) is 2. The highest BCUT2D eigenvalue weighted by Crippen LogP contribution is 2.52. The summed E-state index contributed by atoms with van der Waals surface area (Å²) < 4.78 is 6.30. The van der Waals surface area contributed by atoms with E-state index in [1.807, 2.05) is 0 Å². The van der Waals surface area contributed by atoms with Crippen molar-refractivity contribution in [1.82, 2.24) is 5.32 Å². The molecule has 1 spiro atoms. The van der Waals surface area contributed by atoms with Gasteiger partial charge in [0.1, 0.15) is 0 Å². The molecular weight excluding hydrogens is 246 g/mol. The second-order valence-corrected chi connectivity index (χ2v) is 7.93. The van der Waals surface area contributed by atoms with Gasteiger partial charge in [0.15, 0.2) is 0 Å². The molecule has 1 N–H and O–H groups in total. The first-order valence-corrected chi connectivity index (χ1v) is 9.03. The molecule has 20 heavy (non-hydrogen) atoms. The second kappa shape index (κ2) is 5.96. The van der Waals surface area contributed by atoms with Crippen LogP contribution in [0.5, 0.6) is 0 Å². The van der Waals surface area contributed by atoms with Gasteiger partial charge in [-0.1, -0.05) is 33.1 Å². The summed E-state index contributed by atoms with van der Waals surface area (Å²) in [6, 6.07) is 0.773. The quantitative estimate of drug-likeness (QED) is 0.832. The third-order valence-electron chi connectivity index (χ3n) is 6.51. The Bertz CT molecular complexity index is 318. The van der Waals surface area contributed by atoms with Crippen molar-refractivity contribution in [2.75, 3.05) is 13.2 Å². The van der Waals surface area contributed by atoms with Crippen LogP contribution in [0.1, 0.15) is 78.1 Å². The fourth-order valence-electron chi connectivity index (χ4n) is 5.27. The first-order valence-electron chi connectivity index (χ1n) is 9.03. The largest absolute Gasteiger partial charge is 0.375 e. The molecule has 3 aliphatic rings. The maximum Gasteiger partial charge on any atom is 0.0685 e. The zero-order valence-corrected chi connectivity index (χ0v) is 13.5. The van der Waals surface area contributed by atoms with E-state index in [2.05, 4.69) is 19.2 Å². The summed E-state index contributed by atoms with van der Waals surface area (Å²) in [4.78, 5) is 0. The van der Waals surface area contributed by atoms with Gasteiger partial charge in [-0.25, -0.2) is 0 Å². The molecule has 3 unspecified atom stereocenters. The smallest absolute Gasteiger partial charge is 0.0685 e. The van der Waals surface area contributed by atoms with Crippen molar-refractivity contribution < 1.29 is 4.74 Å². The molecule has 116 valence electrons. The summed E-state index contributed by atoms with van der Waals surface area (Å²) in [7, 11) is 0. The van der Waals surface area contributed by atoms with Crippen molar-refractivity contribution in [3.63, 3.8) is 0 Å². The van der Waals surface area contributed by atoms with Crippen molar-refractivity contribution in [1.29, 1.82) is 0 Å². The first kappa shape index (κ1) is 14.8. The Morgan fingerprint density at radius 3 is 2.60 bits per heavy atom. The van der Waals surface area contributed by atoms with E-state index in [0.717, 1.165) is 25.1 Å². The molecule has 3 atom stereocenters. The highest BCUT2D eigenvalue weighted by molar-refractivity contribution is 4.99. The lowest BCUT2D eigenvalue weighted by Crippen LogP contribution is -2.45. The van der Waals surface area contributed by atoms with Crippen molar-refractivity contribution in [2.24, 2.45) is 11.3 Å². The Kier molecular flexibility index (Phi) is 4.42. The molecule has 1 saturated heterocycles. The molecule has 2 aliphatic carbocycles. The second-order valence-electron chi connectivity index (χ2n) is 7.93. The molecular formula is C18H33NO. The summed E-state index contributed by atoms with van der Waals surface area (Å²) in [6.45, 7) is 6.95. The van der Waals surface area contributed by atoms with Crippen LogP contribution in [-0.2, 0) is 4.74 Å². The Labute approximate surface area is 125 Å². The topological polar surface area (TPSA) is 21.3 Å².